The largest absolute Gasteiger partial charge is 0.497 e. The lowest BCUT2D eigenvalue weighted by molar-refractivity contribution is -0.115. The number of rotatable bonds is 7. The number of nitrogens with one attached hydrogen (secondary N) is 1. The van der Waals surface area contributed by atoms with Crippen LogP contribution in [0.25, 0.3) is 11.3 Å². The molecule has 1 unspecified atom stereocenters. The summed E-state index contributed by atoms with van der Waals surface area (Å²) >= 11 is 2.89. The van der Waals surface area contributed by atoms with Gasteiger partial charge in [-0.15, -0.1) is 23.1 Å². The van der Waals surface area contributed by atoms with E-state index < -0.39 is 0 Å². The lowest BCUT2D eigenvalue weighted by atomic mass is 10.1. The summed E-state index contributed by atoms with van der Waals surface area (Å²) in [6.07, 6.45) is 0. The van der Waals surface area contributed by atoms with Gasteiger partial charge in [-0.05, 0) is 50.2 Å². The number of ether oxygens (including phenoxy) is 2. The van der Waals surface area contributed by atoms with Crippen molar-refractivity contribution in [3.8, 4) is 22.8 Å². The van der Waals surface area contributed by atoms with Gasteiger partial charge in [-0.25, -0.2) is 4.98 Å². The maximum atomic E-state index is 12.5. The van der Waals surface area contributed by atoms with Crippen molar-refractivity contribution in [1.29, 1.82) is 0 Å². The van der Waals surface area contributed by atoms with Crippen LogP contribution >= 0.6 is 23.1 Å². The van der Waals surface area contributed by atoms with Crippen LogP contribution in [0.15, 0.2) is 52.7 Å². The molecule has 1 heterocycles. The Kier molecular flexibility index (Phi) is 6.59. The summed E-state index contributed by atoms with van der Waals surface area (Å²) in [7, 11) is 3.27. The zero-order valence-electron chi connectivity index (χ0n) is 16.2. The predicted molar refractivity (Wildman–Crippen MR) is 116 cm³/mol. The van der Waals surface area contributed by atoms with Crippen molar-refractivity contribution in [2.24, 2.45) is 0 Å². The minimum atomic E-state index is -0.255. The lowest BCUT2D eigenvalue weighted by Gasteiger charge is -2.11. The van der Waals surface area contributed by atoms with Crippen molar-refractivity contribution in [2.75, 3.05) is 19.5 Å². The molecule has 1 amide bonds. The number of benzene rings is 2. The van der Waals surface area contributed by atoms with E-state index >= 15 is 0 Å². The average molecular weight is 415 g/mol. The molecular weight excluding hydrogens is 392 g/mol. The Hall–Kier alpha value is -2.51. The van der Waals surface area contributed by atoms with E-state index in [-0.39, 0.29) is 11.2 Å². The van der Waals surface area contributed by atoms with E-state index in [1.807, 2.05) is 61.7 Å². The number of carbonyl (C=O) groups is 1. The minimum Gasteiger partial charge on any atom is -0.497 e. The predicted octanol–water partition coefficient (Wildman–Crippen LogP) is 5.26. The number of nitrogens with zero attached hydrogens (tertiary/aromatic N) is 1. The molecule has 146 valence electrons. The van der Waals surface area contributed by atoms with E-state index in [0.29, 0.717) is 5.13 Å². The van der Waals surface area contributed by atoms with Gasteiger partial charge in [0.25, 0.3) is 0 Å². The monoisotopic (exact) mass is 414 g/mol. The number of hydrogen-bond donors (Lipinski definition) is 1. The number of thiazole rings is 1. The fraction of sp³-hybridized carbons (Fsp3) is 0.238. The van der Waals surface area contributed by atoms with Crippen LogP contribution in [0.5, 0.6) is 11.5 Å². The summed E-state index contributed by atoms with van der Waals surface area (Å²) in [5.41, 5.74) is 2.83. The Labute approximate surface area is 173 Å². The van der Waals surface area contributed by atoms with Crippen LogP contribution in [0, 0.1) is 6.92 Å². The fourth-order valence-electron chi connectivity index (χ4n) is 2.60. The third-order valence-corrected chi connectivity index (χ3v) is 5.98. The molecular formula is C21H22N2O3S2. The normalized spacial score (nSPS) is 11.7. The Bertz CT molecular complexity index is 955. The van der Waals surface area contributed by atoms with Crippen molar-refractivity contribution in [3.63, 3.8) is 0 Å². The summed E-state index contributed by atoms with van der Waals surface area (Å²) in [4.78, 5) is 18.1. The number of aromatic nitrogens is 1. The fourth-order valence-corrected chi connectivity index (χ4v) is 4.18. The van der Waals surface area contributed by atoms with Crippen LogP contribution in [0.1, 0.15) is 12.5 Å². The van der Waals surface area contributed by atoms with E-state index in [1.54, 1.807) is 14.2 Å². The van der Waals surface area contributed by atoms with Crippen LogP contribution in [0.2, 0.25) is 0 Å². The zero-order chi connectivity index (χ0) is 20.1. The van der Waals surface area contributed by atoms with Gasteiger partial charge in [0, 0.05) is 15.8 Å². The number of thioether (sulfide) groups is 1. The first-order valence-electron chi connectivity index (χ1n) is 8.72. The third kappa shape index (κ3) is 4.85. The first-order valence-corrected chi connectivity index (χ1v) is 10.5. The second-order valence-electron chi connectivity index (χ2n) is 6.17. The standard InChI is InChI=1S/C21H22N2O3S2/c1-13-5-10-19(26-4)17(11-13)18-12-27-21(22-18)23-20(24)14(2)28-16-8-6-15(25-3)7-9-16/h5-12,14H,1-4H3,(H,22,23,24). The second-order valence-corrected chi connectivity index (χ2v) is 8.44. The Morgan fingerprint density at radius 3 is 2.57 bits per heavy atom. The molecule has 28 heavy (non-hydrogen) atoms. The van der Waals surface area contributed by atoms with Crippen molar-refractivity contribution < 1.29 is 14.3 Å². The van der Waals surface area contributed by atoms with Crippen LogP contribution in [0.4, 0.5) is 5.13 Å². The molecule has 7 heteroatoms. The van der Waals surface area contributed by atoms with Crippen LogP contribution in [-0.2, 0) is 4.79 Å². The zero-order valence-corrected chi connectivity index (χ0v) is 17.8. The van der Waals surface area contributed by atoms with E-state index in [0.717, 1.165) is 33.2 Å². The molecule has 0 saturated carbocycles. The highest BCUT2D eigenvalue weighted by molar-refractivity contribution is 8.00. The number of amides is 1. The van der Waals surface area contributed by atoms with Crippen molar-refractivity contribution in [1.82, 2.24) is 4.98 Å². The highest BCUT2D eigenvalue weighted by Crippen LogP contribution is 2.33. The van der Waals surface area contributed by atoms with Crippen molar-refractivity contribution >= 4 is 34.1 Å². The quantitative estimate of drug-likeness (QED) is 0.535. The summed E-state index contributed by atoms with van der Waals surface area (Å²) in [5.74, 6) is 1.47. The number of anilines is 1. The Balaban J connectivity index is 1.67. The molecule has 0 fully saturated rings. The van der Waals surface area contributed by atoms with Crippen LogP contribution in [0.3, 0.4) is 0 Å². The molecule has 3 aromatic rings. The smallest absolute Gasteiger partial charge is 0.239 e. The first kappa shape index (κ1) is 20.2. The van der Waals surface area contributed by atoms with Gasteiger partial charge < -0.3 is 14.8 Å². The molecule has 1 N–H and O–H groups in total. The van der Waals surface area contributed by atoms with Gasteiger partial charge in [-0.3, -0.25) is 4.79 Å². The number of aryl methyl sites for hydroxylation is 1. The highest BCUT2D eigenvalue weighted by Gasteiger charge is 2.17. The van der Waals surface area contributed by atoms with Gasteiger partial charge in [0.15, 0.2) is 5.13 Å². The van der Waals surface area contributed by atoms with Gasteiger partial charge in [0.2, 0.25) is 5.91 Å². The molecule has 1 aromatic heterocycles. The minimum absolute atomic E-state index is 0.0853. The van der Waals surface area contributed by atoms with Gasteiger partial charge >= 0.3 is 0 Å². The summed E-state index contributed by atoms with van der Waals surface area (Å²) in [6.45, 7) is 3.90. The second kappa shape index (κ2) is 9.12. The van der Waals surface area contributed by atoms with Crippen molar-refractivity contribution in [2.45, 2.75) is 24.0 Å². The molecule has 5 nitrogen and oxygen atoms in total. The van der Waals surface area contributed by atoms with E-state index in [4.69, 9.17) is 9.47 Å². The van der Waals surface area contributed by atoms with Gasteiger partial charge in [-0.2, -0.15) is 0 Å². The van der Waals surface area contributed by atoms with Gasteiger partial charge in [0.05, 0.1) is 25.2 Å². The van der Waals surface area contributed by atoms with Gasteiger partial charge in [0.1, 0.15) is 11.5 Å². The molecule has 0 saturated heterocycles. The molecule has 1 atom stereocenters. The van der Waals surface area contributed by atoms with E-state index in [2.05, 4.69) is 10.3 Å². The molecule has 0 bridgehead atoms. The number of carbonyl (C=O) groups excluding carboxylic acids is 1. The highest BCUT2D eigenvalue weighted by atomic mass is 32.2. The first-order chi connectivity index (χ1) is 13.5. The SMILES string of the molecule is COc1ccc(SC(C)C(=O)Nc2nc(-c3cc(C)ccc3OC)cs2)cc1. The van der Waals surface area contributed by atoms with E-state index in [9.17, 15) is 4.79 Å². The van der Waals surface area contributed by atoms with E-state index in [1.165, 1.54) is 23.1 Å². The maximum Gasteiger partial charge on any atom is 0.239 e. The molecule has 3 rings (SSSR count). The lowest BCUT2D eigenvalue weighted by Crippen LogP contribution is -2.22. The molecule has 2 aromatic carbocycles. The molecule has 0 aliphatic rings. The molecule has 0 spiro atoms. The Morgan fingerprint density at radius 2 is 1.89 bits per heavy atom. The van der Waals surface area contributed by atoms with Crippen LogP contribution < -0.4 is 14.8 Å². The summed E-state index contributed by atoms with van der Waals surface area (Å²) < 4.78 is 10.6. The summed E-state index contributed by atoms with van der Waals surface area (Å²) in [5, 5.41) is 5.15. The van der Waals surface area contributed by atoms with Crippen molar-refractivity contribution in [3.05, 3.63) is 53.4 Å². The molecule has 0 aliphatic carbocycles. The average Bonchev–Trinajstić information content (AvgIpc) is 3.16. The maximum absolute atomic E-state index is 12.5. The third-order valence-electron chi connectivity index (χ3n) is 4.11. The number of hydrogen-bond acceptors (Lipinski definition) is 6. The molecule has 0 aliphatic heterocycles. The summed E-state index contributed by atoms with van der Waals surface area (Å²) in [6, 6.07) is 13.6. The van der Waals surface area contributed by atoms with Gasteiger partial charge in [-0.1, -0.05) is 11.6 Å². The Morgan fingerprint density at radius 1 is 1.14 bits per heavy atom. The molecule has 0 radical (unpaired) electrons. The van der Waals surface area contributed by atoms with Crippen LogP contribution in [-0.4, -0.2) is 30.4 Å². The number of methoxy groups -OCH3 is 2. The topological polar surface area (TPSA) is 60.5 Å².